The van der Waals surface area contributed by atoms with Crippen LogP contribution in [-0.4, -0.2) is 30.1 Å². The minimum absolute atomic E-state index is 0.207. The molecule has 78 valence electrons. The molecule has 1 rings (SSSR count). The van der Waals surface area contributed by atoms with Gasteiger partial charge in [0.25, 0.3) is 0 Å². The smallest absolute Gasteiger partial charge is 0.0275 e. The van der Waals surface area contributed by atoms with E-state index in [1.807, 2.05) is 0 Å². The molecule has 2 N–H and O–H groups in total. The summed E-state index contributed by atoms with van der Waals surface area (Å²) in [6.07, 6.45) is 4.07. The zero-order valence-electron chi connectivity index (χ0n) is 9.34. The summed E-state index contributed by atoms with van der Waals surface area (Å²) in [4.78, 5) is 2.54. The second-order valence-electron chi connectivity index (χ2n) is 4.86. The van der Waals surface area contributed by atoms with Crippen LogP contribution in [0.5, 0.6) is 0 Å². The van der Waals surface area contributed by atoms with Crippen LogP contribution in [0.4, 0.5) is 0 Å². The highest BCUT2D eigenvalue weighted by Crippen LogP contribution is 2.24. The summed E-state index contributed by atoms with van der Waals surface area (Å²) < 4.78 is 0. The maximum absolute atomic E-state index is 5.76. The summed E-state index contributed by atoms with van der Waals surface area (Å²) in [6, 6.07) is 0. The minimum atomic E-state index is 0.207. The lowest BCUT2D eigenvalue weighted by atomic mass is 9.91. The van der Waals surface area contributed by atoms with E-state index in [4.69, 9.17) is 5.73 Å². The summed E-state index contributed by atoms with van der Waals surface area (Å²) in [5.74, 6) is 0.963. The maximum atomic E-state index is 5.76. The van der Waals surface area contributed by atoms with Crippen molar-refractivity contribution in [3.8, 4) is 0 Å². The Kier molecular flexibility index (Phi) is 3.74. The van der Waals surface area contributed by atoms with Crippen LogP contribution >= 0.6 is 0 Å². The molecule has 2 nitrogen and oxygen atoms in total. The standard InChI is InChI=1S/C11H24N2/c1-4-10-5-7-13(8-6-10)11(2,3)9-12/h10H,4-9,12H2,1-3H3. The lowest BCUT2D eigenvalue weighted by Gasteiger charge is -2.42. The minimum Gasteiger partial charge on any atom is -0.329 e. The van der Waals surface area contributed by atoms with Gasteiger partial charge >= 0.3 is 0 Å². The Bertz CT molecular complexity index is 146. The number of rotatable bonds is 3. The fourth-order valence-electron chi connectivity index (χ4n) is 2.08. The van der Waals surface area contributed by atoms with Gasteiger partial charge in [-0.2, -0.15) is 0 Å². The monoisotopic (exact) mass is 184 g/mol. The second-order valence-corrected chi connectivity index (χ2v) is 4.86. The Hall–Kier alpha value is -0.0800. The number of likely N-dealkylation sites (tertiary alicyclic amines) is 1. The third-order valence-corrected chi connectivity index (χ3v) is 3.55. The van der Waals surface area contributed by atoms with Crippen molar-refractivity contribution in [1.82, 2.24) is 4.90 Å². The van der Waals surface area contributed by atoms with Gasteiger partial charge in [-0.1, -0.05) is 13.3 Å². The second kappa shape index (κ2) is 4.43. The molecule has 2 heteroatoms. The van der Waals surface area contributed by atoms with Crippen molar-refractivity contribution >= 4 is 0 Å². The first-order valence-corrected chi connectivity index (χ1v) is 5.55. The van der Waals surface area contributed by atoms with E-state index < -0.39 is 0 Å². The molecule has 0 aromatic carbocycles. The molecule has 0 bridgehead atoms. The molecule has 1 saturated heterocycles. The van der Waals surface area contributed by atoms with E-state index in [1.165, 1.54) is 32.4 Å². The van der Waals surface area contributed by atoms with E-state index >= 15 is 0 Å². The Labute approximate surface area is 82.5 Å². The number of piperidine rings is 1. The highest BCUT2D eigenvalue weighted by molar-refractivity contribution is 4.85. The summed E-state index contributed by atoms with van der Waals surface area (Å²) in [5, 5.41) is 0. The Balaban J connectivity index is 2.40. The molecule has 0 spiro atoms. The molecule has 0 aromatic rings. The van der Waals surface area contributed by atoms with Gasteiger partial charge in [-0.15, -0.1) is 0 Å². The van der Waals surface area contributed by atoms with E-state index in [0.29, 0.717) is 0 Å². The molecule has 0 atom stereocenters. The SMILES string of the molecule is CCC1CCN(C(C)(C)CN)CC1. The molecule has 1 aliphatic heterocycles. The van der Waals surface area contributed by atoms with Crippen LogP contribution < -0.4 is 5.73 Å². The first-order chi connectivity index (χ1) is 6.10. The molecule has 0 radical (unpaired) electrons. The number of nitrogens with two attached hydrogens (primary N) is 1. The molecule has 0 unspecified atom stereocenters. The summed E-state index contributed by atoms with van der Waals surface area (Å²) in [6.45, 7) is 10.0. The molecule has 13 heavy (non-hydrogen) atoms. The van der Waals surface area contributed by atoms with Crippen LogP contribution in [0.25, 0.3) is 0 Å². The van der Waals surface area contributed by atoms with E-state index in [-0.39, 0.29) is 5.54 Å². The van der Waals surface area contributed by atoms with Crippen LogP contribution in [0.2, 0.25) is 0 Å². The summed E-state index contributed by atoms with van der Waals surface area (Å²) >= 11 is 0. The Morgan fingerprint density at radius 3 is 2.23 bits per heavy atom. The molecule has 0 saturated carbocycles. The van der Waals surface area contributed by atoms with E-state index in [1.54, 1.807) is 0 Å². The Morgan fingerprint density at radius 1 is 1.31 bits per heavy atom. The van der Waals surface area contributed by atoms with Gasteiger partial charge in [0.1, 0.15) is 0 Å². The van der Waals surface area contributed by atoms with Crippen LogP contribution in [0.15, 0.2) is 0 Å². The molecule has 0 aliphatic carbocycles. The Morgan fingerprint density at radius 2 is 1.85 bits per heavy atom. The maximum Gasteiger partial charge on any atom is 0.0275 e. The molecule has 1 fully saturated rings. The van der Waals surface area contributed by atoms with Crippen molar-refractivity contribution in [3.05, 3.63) is 0 Å². The van der Waals surface area contributed by atoms with Gasteiger partial charge in [-0.25, -0.2) is 0 Å². The summed E-state index contributed by atoms with van der Waals surface area (Å²) in [5.41, 5.74) is 5.97. The van der Waals surface area contributed by atoms with Crippen molar-refractivity contribution < 1.29 is 0 Å². The van der Waals surface area contributed by atoms with E-state index in [2.05, 4.69) is 25.7 Å². The lowest BCUT2D eigenvalue weighted by Crippen LogP contribution is -2.52. The zero-order chi connectivity index (χ0) is 9.90. The van der Waals surface area contributed by atoms with Crippen LogP contribution in [0, 0.1) is 5.92 Å². The van der Waals surface area contributed by atoms with Gasteiger partial charge in [-0.3, -0.25) is 4.90 Å². The number of hydrogen-bond acceptors (Lipinski definition) is 2. The third-order valence-electron chi connectivity index (χ3n) is 3.55. The van der Waals surface area contributed by atoms with Gasteiger partial charge in [0.05, 0.1) is 0 Å². The fraction of sp³-hybridized carbons (Fsp3) is 1.00. The number of nitrogens with zero attached hydrogens (tertiary/aromatic N) is 1. The predicted molar refractivity (Wildman–Crippen MR) is 57.7 cm³/mol. The van der Waals surface area contributed by atoms with Crippen molar-refractivity contribution in [1.29, 1.82) is 0 Å². The van der Waals surface area contributed by atoms with Gasteiger partial charge in [0.15, 0.2) is 0 Å². The van der Waals surface area contributed by atoms with Crippen molar-refractivity contribution in [2.24, 2.45) is 11.7 Å². The largest absolute Gasteiger partial charge is 0.329 e. The quantitative estimate of drug-likeness (QED) is 0.725. The van der Waals surface area contributed by atoms with Crippen LogP contribution in [0.3, 0.4) is 0 Å². The van der Waals surface area contributed by atoms with Gasteiger partial charge < -0.3 is 5.73 Å². The van der Waals surface area contributed by atoms with Crippen LogP contribution in [0.1, 0.15) is 40.0 Å². The molecule has 0 amide bonds. The van der Waals surface area contributed by atoms with Crippen molar-refractivity contribution in [2.45, 2.75) is 45.6 Å². The lowest BCUT2D eigenvalue weighted by molar-refractivity contribution is 0.0795. The van der Waals surface area contributed by atoms with Crippen molar-refractivity contribution in [2.75, 3.05) is 19.6 Å². The zero-order valence-corrected chi connectivity index (χ0v) is 9.34. The molecule has 1 aliphatic rings. The topological polar surface area (TPSA) is 29.3 Å². The fourth-order valence-corrected chi connectivity index (χ4v) is 2.08. The van der Waals surface area contributed by atoms with Gasteiger partial charge in [-0.05, 0) is 45.7 Å². The molecule has 1 heterocycles. The van der Waals surface area contributed by atoms with Gasteiger partial charge in [0, 0.05) is 12.1 Å². The van der Waals surface area contributed by atoms with Crippen LogP contribution in [-0.2, 0) is 0 Å². The van der Waals surface area contributed by atoms with Crippen molar-refractivity contribution in [3.63, 3.8) is 0 Å². The summed E-state index contributed by atoms with van der Waals surface area (Å²) in [7, 11) is 0. The molecule has 0 aromatic heterocycles. The number of hydrogen-bond donors (Lipinski definition) is 1. The molecular weight excluding hydrogens is 160 g/mol. The van der Waals surface area contributed by atoms with Gasteiger partial charge in [0.2, 0.25) is 0 Å². The normalized spacial score (nSPS) is 22.2. The first-order valence-electron chi connectivity index (χ1n) is 5.55. The highest BCUT2D eigenvalue weighted by atomic mass is 15.2. The average molecular weight is 184 g/mol. The predicted octanol–water partition coefficient (Wildman–Crippen LogP) is 1.85. The third kappa shape index (κ3) is 2.68. The first kappa shape index (κ1) is 11.0. The average Bonchev–Trinajstić information content (AvgIpc) is 2.18. The highest BCUT2D eigenvalue weighted by Gasteiger charge is 2.28. The van der Waals surface area contributed by atoms with E-state index in [9.17, 15) is 0 Å². The molecular formula is C11H24N2. The van der Waals surface area contributed by atoms with E-state index in [0.717, 1.165) is 12.5 Å².